The van der Waals surface area contributed by atoms with Gasteiger partial charge in [0.05, 0.1) is 0 Å². The Hall–Kier alpha value is -0.770. The first-order chi connectivity index (χ1) is 10.7. The summed E-state index contributed by atoms with van der Waals surface area (Å²) in [6.07, 6.45) is 7.18. The number of rotatable bonds is 7. The lowest BCUT2D eigenvalue weighted by atomic mass is 9.81. The van der Waals surface area contributed by atoms with Gasteiger partial charge in [0.25, 0.3) is 0 Å². The first-order valence-corrected chi connectivity index (χ1v) is 9.36. The largest absolute Gasteiger partial charge is 0.444 e. The van der Waals surface area contributed by atoms with Crippen molar-refractivity contribution in [1.82, 2.24) is 10.2 Å². The predicted octanol–water partition coefficient (Wildman–Crippen LogP) is 4.58. The molecule has 0 spiro atoms. The number of carbonyl (C=O) groups is 1. The molecule has 0 radical (unpaired) electrons. The van der Waals surface area contributed by atoms with E-state index in [0.717, 1.165) is 26.1 Å². The van der Waals surface area contributed by atoms with Gasteiger partial charge in [-0.05, 0) is 52.4 Å². The summed E-state index contributed by atoms with van der Waals surface area (Å²) in [5.74, 6) is 0. The van der Waals surface area contributed by atoms with Gasteiger partial charge in [-0.3, -0.25) is 0 Å². The lowest BCUT2D eigenvalue weighted by Crippen LogP contribution is -2.51. The summed E-state index contributed by atoms with van der Waals surface area (Å²) in [5.41, 5.74) is -0.273. The van der Waals surface area contributed by atoms with Crippen molar-refractivity contribution in [3.8, 4) is 0 Å². The number of amides is 1. The molecule has 2 unspecified atom stereocenters. The predicted molar refractivity (Wildman–Crippen MR) is 96.8 cm³/mol. The molecule has 0 saturated carbocycles. The third-order valence-electron chi connectivity index (χ3n) is 4.55. The maximum Gasteiger partial charge on any atom is 0.410 e. The van der Waals surface area contributed by atoms with Gasteiger partial charge >= 0.3 is 6.09 Å². The van der Waals surface area contributed by atoms with Gasteiger partial charge in [0.2, 0.25) is 0 Å². The number of ether oxygens (including phenoxy) is 1. The fraction of sp³-hybridized carbons (Fsp3) is 0.947. The Morgan fingerprint density at radius 3 is 2.65 bits per heavy atom. The number of piperidine rings is 1. The Bertz CT molecular complexity index is 365. The number of carbonyl (C=O) groups excluding carboxylic acids is 1. The molecule has 1 rings (SSSR count). The number of nitrogens with one attached hydrogen (secondary N) is 1. The molecule has 0 bridgehead atoms. The zero-order valence-electron chi connectivity index (χ0n) is 16.2. The molecule has 0 aromatic carbocycles. The Kier molecular flexibility index (Phi) is 7.85. The molecular formula is C19H38N2O2. The third kappa shape index (κ3) is 8.05. The average molecular weight is 327 g/mol. The van der Waals surface area contributed by atoms with Gasteiger partial charge in [-0.2, -0.15) is 0 Å². The molecule has 1 aliphatic heterocycles. The van der Waals surface area contributed by atoms with Crippen molar-refractivity contribution in [3.05, 3.63) is 0 Å². The van der Waals surface area contributed by atoms with E-state index in [4.69, 9.17) is 4.74 Å². The molecule has 1 aliphatic rings. The second-order valence-corrected chi connectivity index (χ2v) is 8.59. The van der Waals surface area contributed by atoms with Crippen LogP contribution in [-0.2, 0) is 4.74 Å². The van der Waals surface area contributed by atoms with E-state index in [2.05, 4.69) is 26.1 Å². The summed E-state index contributed by atoms with van der Waals surface area (Å²) >= 11 is 0. The van der Waals surface area contributed by atoms with Crippen molar-refractivity contribution in [2.75, 3.05) is 19.6 Å². The number of unbranched alkanes of at least 4 members (excludes halogenated alkanes) is 2. The van der Waals surface area contributed by atoms with Crippen LogP contribution in [0.4, 0.5) is 4.79 Å². The van der Waals surface area contributed by atoms with Crippen LogP contribution in [0.3, 0.4) is 0 Å². The molecule has 1 saturated heterocycles. The highest BCUT2D eigenvalue weighted by atomic mass is 16.6. The molecule has 1 amide bonds. The Labute approximate surface area is 143 Å². The van der Waals surface area contributed by atoms with Crippen LogP contribution < -0.4 is 5.32 Å². The molecule has 4 nitrogen and oxygen atoms in total. The maximum atomic E-state index is 12.3. The van der Waals surface area contributed by atoms with E-state index >= 15 is 0 Å². The molecule has 1 N–H and O–H groups in total. The van der Waals surface area contributed by atoms with E-state index in [1.165, 1.54) is 32.1 Å². The zero-order chi connectivity index (χ0) is 17.5. The molecule has 2 atom stereocenters. The number of nitrogens with zero attached hydrogens (tertiary/aromatic N) is 1. The summed E-state index contributed by atoms with van der Waals surface area (Å²) in [4.78, 5) is 14.2. The molecule has 0 aromatic heterocycles. The molecule has 0 aromatic rings. The molecule has 23 heavy (non-hydrogen) atoms. The summed E-state index contributed by atoms with van der Waals surface area (Å²) in [5, 5.41) is 3.68. The normalized spacial score (nSPS) is 23.7. The second kappa shape index (κ2) is 8.91. The van der Waals surface area contributed by atoms with Gasteiger partial charge in [0.15, 0.2) is 0 Å². The fourth-order valence-corrected chi connectivity index (χ4v) is 3.17. The standard InChI is InChI=1S/C19H38N2O2/c1-7-8-9-11-16(2)20-14-19(6)12-10-13-21(15-19)17(22)23-18(3,4)5/h16,20H,7-15H2,1-6H3. The second-order valence-electron chi connectivity index (χ2n) is 8.59. The van der Waals surface area contributed by atoms with Crippen LogP contribution in [0.1, 0.15) is 80.1 Å². The Morgan fingerprint density at radius 1 is 1.35 bits per heavy atom. The van der Waals surface area contributed by atoms with Crippen molar-refractivity contribution in [2.24, 2.45) is 5.41 Å². The topological polar surface area (TPSA) is 41.6 Å². The van der Waals surface area contributed by atoms with E-state index in [1.807, 2.05) is 25.7 Å². The van der Waals surface area contributed by atoms with E-state index in [9.17, 15) is 4.79 Å². The lowest BCUT2D eigenvalue weighted by Gasteiger charge is -2.41. The number of likely N-dealkylation sites (tertiary alicyclic amines) is 1. The van der Waals surface area contributed by atoms with Gasteiger partial charge in [-0.15, -0.1) is 0 Å². The summed E-state index contributed by atoms with van der Waals surface area (Å²) in [7, 11) is 0. The van der Waals surface area contributed by atoms with Crippen LogP contribution >= 0.6 is 0 Å². The van der Waals surface area contributed by atoms with Crippen LogP contribution in [0, 0.1) is 5.41 Å². The molecular weight excluding hydrogens is 288 g/mol. The minimum absolute atomic E-state index is 0.147. The van der Waals surface area contributed by atoms with Crippen molar-refractivity contribution < 1.29 is 9.53 Å². The molecule has 136 valence electrons. The van der Waals surface area contributed by atoms with E-state index in [0.29, 0.717) is 6.04 Å². The van der Waals surface area contributed by atoms with E-state index in [-0.39, 0.29) is 11.5 Å². The molecule has 1 fully saturated rings. The maximum absolute atomic E-state index is 12.3. The molecule has 0 aliphatic carbocycles. The van der Waals surface area contributed by atoms with Gasteiger partial charge in [0, 0.05) is 25.7 Å². The average Bonchev–Trinajstić information content (AvgIpc) is 2.44. The van der Waals surface area contributed by atoms with Gasteiger partial charge in [-0.1, -0.05) is 33.1 Å². The number of hydrogen-bond acceptors (Lipinski definition) is 3. The summed E-state index contributed by atoms with van der Waals surface area (Å²) in [6.45, 7) is 15.1. The van der Waals surface area contributed by atoms with Crippen molar-refractivity contribution in [2.45, 2.75) is 91.7 Å². The van der Waals surface area contributed by atoms with Crippen molar-refractivity contribution in [1.29, 1.82) is 0 Å². The van der Waals surface area contributed by atoms with Crippen molar-refractivity contribution in [3.63, 3.8) is 0 Å². The quantitative estimate of drug-likeness (QED) is 0.696. The lowest BCUT2D eigenvalue weighted by molar-refractivity contribution is 0.00651. The van der Waals surface area contributed by atoms with E-state index in [1.54, 1.807) is 0 Å². The van der Waals surface area contributed by atoms with Gasteiger partial charge in [-0.25, -0.2) is 4.79 Å². The monoisotopic (exact) mass is 326 g/mol. The highest BCUT2D eigenvalue weighted by molar-refractivity contribution is 5.68. The highest BCUT2D eigenvalue weighted by Gasteiger charge is 2.34. The van der Waals surface area contributed by atoms with Gasteiger partial charge < -0.3 is 15.0 Å². The van der Waals surface area contributed by atoms with Crippen LogP contribution in [0.15, 0.2) is 0 Å². The van der Waals surface area contributed by atoms with Gasteiger partial charge in [0.1, 0.15) is 5.60 Å². The van der Waals surface area contributed by atoms with Crippen LogP contribution in [-0.4, -0.2) is 42.3 Å². The van der Waals surface area contributed by atoms with E-state index < -0.39 is 5.60 Å². The highest BCUT2D eigenvalue weighted by Crippen LogP contribution is 2.30. The molecule has 1 heterocycles. The zero-order valence-corrected chi connectivity index (χ0v) is 16.2. The van der Waals surface area contributed by atoms with Crippen LogP contribution in [0.25, 0.3) is 0 Å². The van der Waals surface area contributed by atoms with Crippen LogP contribution in [0.5, 0.6) is 0 Å². The fourth-order valence-electron chi connectivity index (χ4n) is 3.17. The number of hydrogen-bond donors (Lipinski definition) is 1. The molecule has 4 heteroatoms. The first-order valence-electron chi connectivity index (χ1n) is 9.36. The van der Waals surface area contributed by atoms with Crippen molar-refractivity contribution >= 4 is 6.09 Å². The summed E-state index contributed by atoms with van der Waals surface area (Å²) in [6, 6.07) is 0.551. The van der Waals surface area contributed by atoms with Crippen LogP contribution in [0.2, 0.25) is 0 Å². The minimum atomic E-state index is -0.420. The first kappa shape index (κ1) is 20.3. The Morgan fingerprint density at radius 2 is 2.04 bits per heavy atom. The summed E-state index contributed by atoms with van der Waals surface area (Å²) < 4.78 is 5.53. The minimum Gasteiger partial charge on any atom is -0.444 e. The Balaban J connectivity index is 2.44. The SMILES string of the molecule is CCCCCC(C)NCC1(C)CCCN(C(=O)OC(C)(C)C)C1. The smallest absolute Gasteiger partial charge is 0.410 e. The third-order valence-corrected chi connectivity index (χ3v) is 4.55.